The van der Waals surface area contributed by atoms with Crippen LogP contribution < -0.4 is 11.3 Å². The van der Waals surface area contributed by atoms with Crippen LogP contribution in [0.5, 0.6) is 0 Å². The fraction of sp³-hybridized carbons (Fsp3) is 0.294. The van der Waals surface area contributed by atoms with E-state index >= 15 is 0 Å². The van der Waals surface area contributed by atoms with Gasteiger partial charge < -0.3 is 0 Å². The Morgan fingerprint density at radius 2 is 1.74 bits per heavy atom. The summed E-state index contributed by atoms with van der Waals surface area (Å²) in [5.41, 5.74) is 8.21. The fourth-order valence-electron chi connectivity index (χ4n) is 2.41. The van der Waals surface area contributed by atoms with Crippen molar-refractivity contribution in [2.45, 2.75) is 32.7 Å². The predicted octanol–water partition coefficient (Wildman–Crippen LogP) is 3.30. The minimum absolute atomic E-state index is 0.166. The molecule has 0 spiro atoms. The topological polar surface area (TPSA) is 38.0 Å². The summed E-state index contributed by atoms with van der Waals surface area (Å²) in [6.07, 6.45) is 1.94. The highest BCUT2D eigenvalue weighted by Crippen LogP contribution is 2.22. The number of hydrazine groups is 1. The quantitative estimate of drug-likeness (QED) is 0.634. The van der Waals surface area contributed by atoms with Crippen LogP contribution in [0.25, 0.3) is 0 Å². The lowest BCUT2D eigenvalue weighted by Gasteiger charge is -2.19. The van der Waals surface area contributed by atoms with E-state index in [2.05, 4.69) is 67.8 Å². The molecule has 0 saturated heterocycles. The summed E-state index contributed by atoms with van der Waals surface area (Å²) in [6.45, 7) is 4.28. The zero-order valence-electron chi connectivity index (χ0n) is 11.7. The van der Waals surface area contributed by atoms with E-state index in [0.717, 1.165) is 12.8 Å². The standard InChI is InChI=1S/C17H22N2/c1-3-15-6-4-5-7-16(15)17(19-18)12-14-10-8-13(2)9-11-14/h4-11,17,19H,3,12,18H2,1-2H3. The van der Waals surface area contributed by atoms with Gasteiger partial charge in [-0.1, -0.05) is 61.0 Å². The molecular formula is C17H22N2. The van der Waals surface area contributed by atoms with Crippen molar-refractivity contribution in [1.82, 2.24) is 5.43 Å². The Balaban J connectivity index is 2.22. The summed E-state index contributed by atoms with van der Waals surface area (Å²) in [6, 6.07) is 17.3. The van der Waals surface area contributed by atoms with Crippen molar-refractivity contribution >= 4 is 0 Å². The van der Waals surface area contributed by atoms with E-state index in [0.29, 0.717) is 0 Å². The van der Waals surface area contributed by atoms with Crippen LogP contribution in [-0.2, 0) is 12.8 Å². The molecule has 2 nitrogen and oxygen atoms in total. The Bertz CT molecular complexity index is 517. The SMILES string of the molecule is CCc1ccccc1C(Cc1ccc(C)cc1)NN. The molecule has 100 valence electrons. The predicted molar refractivity (Wildman–Crippen MR) is 80.8 cm³/mol. The number of nitrogens with two attached hydrogens (primary N) is 1. The Hall–Kier alpha value is -1.64. The number of benzene rings is 2. The summed E-state index contributed by atoms with van der Waals surface area (Å²) in [5.74, 6) is 5.76. The van der Waals surface area contributed by atoms with Gasteiger partial charge in [0.1, 0.15) is 0 Å². The molecule has 1 atom stereocenters. The van der Waals surface area contributed by atoms with Crippen LogP contribution in [0, 0.1) is 6.92 Å². The van der Waals surface area contributed by atoms with Crippen molar-refractivity contribution < 1.29 is 0 Å². The molecule has 0 radical (unpaired) electrons. The molecule has 0 aliphatic heterocycles. The smallest absolute Gasteiger partial charge is 0.0503 e. The van der Waals surface area contributed by atoms with E-state index in [-0.39, 0.29) is 6.04 Å². The van der Waals surface area contributed by atoms with Crippen molar-refractivity contribution in [2.75, 3.05) is 0 Å². The molecule has 1 unspecified atom stereocenters. The molecule has 19 heavy (non-hydrogen) atoms. The average molecular weight is 254 g/mol. The molecule has 2 rings (SSSR count). The van der Waals surface area contributed by atoms with Crippen LogP contribution in [0.1, 0.15) is 35.2 Å². The number of aryl methyl sites for hydroxylation is 2. The molecule has 0 aliphatic carbocycles. The molecule has 0 saturated carbocycles. The van der Waals surface area contributed by atoms with Gasteiger partial charge in [0, 0.05) is 0 Å². The zero-order chi connectivity index (χ0) is 13.7. The van der Waals surface area contributed by atoms with Gasteiger partial charge >= 0.3 is 0 Å². The molecule has 0 heterocycles. The molecule has 0 aliphatic rings. The Labute approximate surface area is 115 Å². The van der Waals surface area contributed by atoms with E-state index in [4.69, 9.17) is 5.84 Å². The first-order valence-electron chi connectivity index (χ1n) is 6.84. The lowest BCUT2D eigenvalue weighted by atomic mass is 9.94. The normalized spacial score (nSPS) is 12.4. The third-order valence-electron chi connectivity index (χ3n) is 3.57. The van der Waals surface area contributed by atoms with E-state index in [1.807, 2.05) is 0 Å². The van der Waals surface area contributed by atoms with Crippen LogP contribution in [0.15, 0.2) is 48.5 Å². The highest BCUT2D eigenvalue weighted by molar-refractivity contribution is 5.32. The third-order valence-corrected chi connectivity index (χ3v) is 3.57. The Kier molecular flexibility index (Phi) is 4.72. The summed E-state index contributed by atoms with van der Waals surface area (Å²) in [5, 5.41) is 0. The van der Waals surface area contributed by atoms with Crippen molar-refractivity contribution in [1.29, 1.82) is 0 Å². The van der Waals surface area contributed by atoms with E-state index < -0.39 is 0 Å². The number of nitrogens with one attached hydrogen (secondary N) is 1. The molecule has 2 heteroatoms. The van der Waals surface area contributed by atoms with Gasteiger partial charge in [-0.25, -0.2) is 0 Å². The first kappa shape index (κ1) is 13.8. The van der Waals surface area contributed by atoms with Crippen LogP contribution in [0.4, 0.5) is 0 Å². The third kappa shape index (κ3) is 3.43. The van der Waals surface area contributed by atoms with Gasteiger partial charge in [0.25, 0.3) is 0 Å². The minimum atomic E-state index is 0.166. The second kappa shape index (κ2) is 6.50. The van der Waals surface area contributed by atoms with Crippen molar-refractivity contribution in [3.63, 3.8) is 0 Å². The van der Waals surface area contributed by atoms with Gasteiger partial charge in [-0.15, -0.1) is 0 Å². The van der Waals surface area contributed by atoms with Gasteiger partial charge in [-0.2, -0.15) is 0 Å². The van der Waals surface area contributed by atoms with E-state index in [9.17, 15) is 0 Å². The van der Waals surface area contributed by atoms with Gasteiger partial charge in [-0.3, -0.25) is 11.3 Å². The Morgan fingerprint density at radius 3 is 2.37 bits per heavy atom. The van der Waals surface area contributed by atoms with Gasteiger partial charge in [0.2, 0.25) is 0 Å². The molecule has 2 aromatic rings. The second-order valence-electron chi connectivity index (χ2n) is 4.96. The fourth-order valence-corrected chi connectivity index (χ4v) is 2.41. The van der Waals surface area contributed by atoms with Gasteiger partial charge in [0.05, 0.1) is 6.04 Å². The summed E-state index contributed by atoms with van der Waals surface area (Å²) in [4.78, 5) is 0. The first-order valence-corrected chi connectivity index (χ1v) is 6.84. The molecule has 0 bridgehead atoms. The molecule has 3 N–H and O–H groups in total. The van der Waals surface area contributed by atoms with Gasteiger partial charge in [-0.05, 0) is 36.5 Å². The number of hydrogen-bond acceptors (Lipinski definition) is 2. The lowest BCUT2D eigenvalue weighted by Crippen LogP contribution is -2.30. The van der Waals surface area contributed by atoms with Crippen LogP contribution in [0.3, 0.4) is 0 Å². The van der Waals surface area contributed by atoms with E-state index in [1.165, 1.54) is 22.3 Å². The first-order chi connectivity index (χ1) is 9.24. The van der Waals surface area contributed by atoms with Gasteiger partial charge in [0.15, 0.2) is 0 Å². The Morgan fingerprint density at radius 1 is 1.05 bits per heavy atom. The molecule has 0 amide bonds. The average Bonchev–Trinajstić information content (AvgIpc) is 2.46. The van der Waals surface area contributed by atoms with Crippen molar-refractivity contribution in [3.8, 4) is 0 Å². The summed E-state index contributed by atoms with van der Waals surface area (Å²) >= 11 is 0. The van der Waals surface area contributed by atoms with E-state index in [1.54, 1.807) is 0 Å². The maximum atomic E-state index is 5.76. The van der Waals surface area contributed by atoms with Crippen LogP contribution in [0.2, 0.25) is 0 Å². The minimum Gasteiger partial charge on any atom is -0.271 e. The van der Waals surface area contributed by atoms with Crippen LogP contribution in [-0.4, -0.2) is 0 Å². The number of hydrogen-bond donors (Lipinski definition) is 2. The maximum absolute atomic E-state index is 5.76. The highest BCUT2D eigenvalue weighted by Gasteiger charge is 2.13. The second-order valence-corrected chi connectivity index (χ2v) is 4.96. The molecule has 0 fully saturated rings. The molecular weight excluding hydrogens is 232 g/mol. The van der Waals surface area contributed by atoms with Crippen molar-refractivity contribution in [3.05, 3.63) is 70.8 Å². The summed E-state index contributed by atoms with van der Waals surface area (Å²) < 4.78 is 0. The summed E-state index contributed by atoms with van der Waals surface area (Å²) in [7, 11) is 0. The highest BCUT2D eigenvalue weighted by atomic mass is 15.2. The largest absolute Gasteiger partial charge is 0.271 e. The number of rotatable bonds is 5. The lowest BCUT2D eigenvalue weighted by molar-refractivity contribution is 0.548. The molecule has 2 aromatic carbocycles. The molecule has 0 aromatic heterocycles. The zero-order valence-corrected chi connectivity index (χ0v) is 11.7. The van der Waals surface area contributed by atoms with Crippen LogP contribution >= 0.6 is 0 Å². The van der Waals surface area contributed by atoms with Crippen molar-refractivity contribution in [2.24, 2.45) is 5.84 Å². The maximum Gasteiger partial charge on any atom is 0.0503 e. The monoisotopic (exact) mass is 254 g/mol.